The van der Waals surface area contributed by atoms with Crippen molar-refractivity contribution in [1.29, 1.82) is 0 Å². The zero-order chi connectivity index (χ0) is 13.7. The Balaban J connectivity index is 1.73. The van der Waals surface area contributed by atoms with Crippen LogP contribution in [0.4, 0.5) is 5.69 Å². The highest BCUT2D eigenvalue weighted by atomic mass is 79.9. The van der Waals surface area contributed by atoms with Crippen LogP contribution in [-0.4, -0.2) is 15.0 Å². The number of sulfonamides is 1. The number of halogens is 1. The topological polar surface area (TPSA) is 72.2 Å². The highest BCUT2D eigenvalue weighted by molar-refractivity contribution is 9.10. The molecule has 0 bridgehead atoms. The summed E-state index contributed by atoms with van der Waals surface area (Å²) in [4.78, 5) is 0.264. The minimum Gasteiger partial charge on any atom is -0.398 e. The van der Waals surface area contributed by atoms with E-state index in [-0.39, 0.29) is 10.3 Å². The second kappa shape index (κ2) is 4.46. The lowest BCUT2D eigenvalue weighted by molar-refractivity contribution is 0.432. The summed E-state index contributed by atoms with van der Waals surface area (Å²) in [5, 5.41) is 0. The van der Waals surface area contributed by atoms with Crippen molar-refractivity contribution in [1.82, 2.24) is 4.72 Å². The SMILES string of the molecule is Nc1ccc(S(=O)(=O)NCC2(C3CC3)CC2)cc1Br. The van der Waals surface area contributed by atoms with Crippen LogP contribution in [0.25, 0.3) is 0 Å². The van der Waals surface area contributed by atoms with Gasteiger partial charge in [-0.2, -0.15) is 0 Å². The van der Waals surface area contributed by atoms with Crippen molar-refractivity contribution in [3.8, 4) is 0 Å². The Kier molecular flexibility index (Phi) is 3.15. The molecule has 2 aliphatic rings. The summed E-state index contributed by atoms with van der Waals surface area (Å²) in [6.45, 7) is 0.571. The molecule has 2 saturated carbocycles. The van der Waals surface area contributed by atoms with Crippen molar-refractivity contribution in [3.05, 3.63) is 22.7 Å². The average molecular weight is 345 g/mol. The van der Waals surface area contributed by atoms with Crippen LogP contribution in [0.2, 0.25) is 0 Å². The molecule has 19 heavy (non-hydrogen) atoms. The predicted octanol–water partition coefficient (Wildman–Crippen LogP) is 2.50. The lowest BCUT2D eigenvalue weighted by Gasteiger charge is -2.15. The van der Waals surface area contributed by atoms with Crippen LogP contribution in [0, 0.1) is 11.3 Å². The molecule has 0 unspecified atom stereocenters. The molecule has 0 aromatic heterocycles. The number of nitrogens with two attached hydrogens (primary N) is 1. The lowest BCUT2D eigenvalue weighted by Crippen LogP contribution is -2.31. The van der Waals surface area contributed by atoms with Gasteiger partial charge in [0.2, 0.25) is 10.0 Å². The summed E-state index contributed by atoms with van der Waals surface area (Å²) in [5.41, 5.74) is 6.47. The molecule has 0 radical (unpaired) electrons. The van der Waals surface area contributed by atoms with Gasteiger partial charge in [-0.3, -0.25) is 0 Å². The molecule has 0 aliphatic heterocycles. The minimum absolute atomic E-state index is 0.262. The molecule has 0 heterocycles. The van der Waals surface area contributed by atoms with E-state index in [2.05, 4.69) is 20.7 Å². The van der Waals surface area contributed by atoms with Crippen molar-refractivity contribution < 1.29 is 8.42 Å². The molecule has 1 aromatic rings. The Morgan fingerprint density at radius 3 is 2.58 bits per heavy atom. The molecule has 0 spiro atoms. The highest BCUT2D eigenvalue weighted by Crippen LogP contribution is 2.60. The van der Waals surface area contributed by atoms with Gasteiger partial charge < -0.3 is 5.73 Å². The zero-order valence-corrected chi connectivity index (χ0v) is 12.9. The van der Waals surface area contributed by atoms with Gasteiger partial charge in [-0.05, 0) is 71.1 Å². The second-order valence-electron chi connectivity index (χ2n) is 5.64. The Bertz CT molecular complexity index is 607. The summed E-state index contributed by atoms with van der Waals surface area (Å²) in [7, 11) is -3.43. The van der Waals surface area contributed by atoms with Gasteiger partial charge in [-0.1, -0.05) is 0 Å². The van der Waals surface area contributed by atoms with E-state index in [1.807, 2.05) is 0 Å². The molecule has 3 N–H and O–H groups in total. The zero-order valence-electron chi connectivity index (χ0n) is 10.5. The fourth-order valence-electron chi connectivity index (χ4n) is 2.58. The fourth-order valence-corrected chi connectivity index (χ4v) is 4.28. The summed E-state index contributed by atoms with van der Waals surface area (Å²) in [6, 6.07) is 4.69. The van der Waals surface area contributed by atoms with E-state index >= 15 is 0 Å². The molecular formula is C13H17BrN2O2S. The molecule has 6 heteroatoms. The molecule has 2 fully saturated rings. The maximum absolute atomic E-state index is 12.2. The van der Waals surface area contributed by atoms with E-state index in [9.17, 15) is 8.42 Å². The predicted molar refractivity (Wildman–Crippen MR) is 78.1 cm³/mol. The third-order valence-electron chi connectivity index (χ3n) is 4.23. The van der Waals surface area contributed by atoms with Gasteiger partial charge in [-0.25, -0.2) is 13.1 Å². The smallest absolute Gasteiger partial charge is 0.240 e. The first-order chi connectivity index (χ1) is 8.93. The molecule has 0 saturated heterocycles. The first-order valence-corrected chi connectivity index (χ1v) is 8.75. The Hall–Kier alpha value is -0.590. The van der Waals surface area contributed by atoms with Crippen LogP contribution >= 0.6 is 15.9 Å². The lowest BCUT2D eigenvalue weighted by atomic mass is 10.0. The van der Waals surface area contributed by atoms with E-state index in [0.717, 1.165) is 18.8 Å². The number of nitrogens with one attached hydrogen (secondary N) is 1. The van der Waals surface area contributed by atoms with E-state index in [1.54, 1.807) is 18.2 Å². The summed E-state index contributed by atoms with van der Waals surface area (Å²) in [6.07, 6.45) is 4.83. The molecule has 2 aliphatic carbocycles. The number of anilines is 1. The van der Waals surface area contributed by atoms with Crippen LogP contribution in [0.3, 0.4) is 0 Å². The van der Waals surface area contributed by atoms with Crippen LogP contribution in [0.5, 0.6) is 0 Å². The minimum atomic E-state index is -3.43. The summed E-state index contributed by atoms with van der Waals surface area (Å²) >= 11 is 3.26. The first kappa shape index (κ1) is 13.4. The van der Waals surface area contributed by atoms with E-state index in [1.165, 1.54) is 12.8 Å². The molecule has 0 atom stereocenters. The van der Waals surface area contributed by atoms with Gasteiger partial charge in [0, 0.05) is 16.7 Å². The normalized spacial score (nSPS) is 21.3. The van der Waals surface area contributed by atoms with Gasteiger partial charge in [0.25, 0.3) is 0 Å². The Morgan fingerprint density at radius 1 is 1.37 bits per heavy atom. The number of benzene rings is 1. The van der Waals surface area contributed by atoms with Gasteiger partial charge in [-0.15, -0.1) is 0 Å². The number of rotatable bonds is 5. The van der Waals surface area contributed by atoms with E-state index < -0.39 is 10.0 Å². The molecule has 3 rings (SSSR count). The molecule has 0 amide bonds. The summed E-state index contributed by atoms with van der Waals surface area (Å²) < 4.78 is 27.8. The fraction of sp³-hybridized carbons (Fsp3) is 0.538. The van der Waals surface area contributed by atoms with Crippen LogP contribution in [0.15, 0.2) is 27.6 Å². The Morgan fingerprint density at radius 2 is 2.05 bits per heavy atom. The maximum atomic E-state index is 12.2. The number of hydrogen-bond donors (Lipinski definition) is 2. The van der Waals surface area contributed by atoms with Crippen molar-refractivity contribution >= 4 is 31.6 Å². The maximum Gasteiger partial charge on any atom is 0.240 e. The monoisotopic (exact) mass is 344 g/mol. The van der Waals surface area contributed by atoms with Crippen molar-refractivity contribution in [3.63, 3.8) is 0 Å². The third-order valence-corrected chi connectivity index (χ3v) is 6.32. The quantitative estimate of drug-likeness (QED) is 0.806. The van der Waals surface area contributed by atoms with Crippen LogP contribution in [0.1, 0.15) is 25.7 Å². The number of hydrogen-bond acceptors (Lipinski definition) is 3. The van der Waals surface area contributed by atoms with Crippen LogP contribution in [-0.2, 0) is 10.0 Å². The summed E-state index contributed by atoms with van der Waals surface area (Å²) in [5.74, 6) is 0.744. The highest BCUT2D eigenvalue weighted by Gasteiger charge is 2.53. The standard InChI is InChI=1S/C13H17BrN2O2S/c14-11-7-10(3-4-12(11)15)19(17,18)16-8-13(5-6-13)9-1-2-9/h3-4,7,9,16H,1-2,5-6,8,15H2. The third kappa shape index (κ3) is 2.66. The van der Waals surface area contributed by atoms with Gasteiger partial charge in [0.05, 0.1) is 4.90 Å². The van der Waals surface area contributed by atoms with Crippen molar-refractivity contribution in [2.24, 2.45) is 11.3 Å². The molecular weight excluding hydrogens is 328 g/mol. The second-order valence-corrected chi connectivity index (χ2v) is 8.27. The van der Waals surface area contributed by atoms with Crippen molar-refractivity contribution in [2.45, 2.75) is 30.6 Å². The van der Waals surface area contributed by atoms with Gasteiger partial charge >= 0.3 is 0 Å². The Labute approximate surface area is 121 Å². The van der Waals surface area contributed by atoms with Crippen LogP contribution < -0.4 is 10.5 Å². The van der Waals surface area contributed by atoms with E-state index in [4.69, 9.17) is 5.73 Å². The van der Waals surface area contributed by atoms with Gasteiger partial charge in [0.1, 0.15) is 0 Å². The number of nitrogen functional groups attached to an aromatic ring is 1. The molecule has 104 valence electrons. The van der Waals surface area contributed by atoms with Gasteiger partial charge in [0.15, 0.2) is 0 Å². The average Bonchev–Trinajstić information content (AvgIpc) is 3.23. The molecule has 4 nitrogen and oxygen atoms in total. The molecule has 1 aromatic carbocycles. The first-order valence-electron chi connectivity index (χ1n) is 6.48. The van der Waals surface area contributed by atoms with E-state index in [0.29, 0.717) is 16.7 Å². The van der Waals surface area contributed by atoms with Crippen molar-refractivity contribution in [2.75, 3.05) is 12.3 Å². The largest absolute Gasteiger partial charge is 0.398 e.